The Morgan fingerprint density at radius 3 is 2.60 bits per heavy atom. The van der Waals surface area contributed by atoms with Gasteiger partial charge in [0.15, 0.2) is 0 Å². The predicted octanol–water partition coefficient (Wildman–Crippen LogP) is 1.72. The van der Waals surface area contributed by atoms with Gasteiger partial charge in [0.05, 0.1) is 12.4 Å². The van der Waals surface area contributed by atoms with E-state index in [4.69, 9.17) is 0 Å². The van der Waals surface area contributed by atoms with E-state index in [2.05, 4.69) is 20.6 Å². The molecule has 1 fully saturated rings. The smallest absolute Gasteiger partial charge is 0.224 e. The van der Waals surface area contributed by atoms with Crippen LogP contribution >= 0.6 is 0 Å². The van der Waals surface area contributed by atoms with E-state index in [-0.39, 0.29) is 5.91 Å². The van der Waals surface area contributed by atoms with E-state index in [0.717, 1.165) is 38.3 Å². The highest BCUT2D eigenvalue weighted by molar-refractivity contribution is 5.76. The van der Waals surface area contributed by atoms with Crippen LogP contribution in [0.3, 0.4) is 0 Å². The van der Waals surface area contributed by atoms with Crippen LogP contribution in [0.1, 0.15) is 32.6 Å². The molecule has 2 rings (SSSR count). The zero-order valence-corrected chi connectivity index (χ0v) is 12.1. The van der Waals surface area contributed by atoms with Crippen molar-refractivity contribution in [2.75, 3.05) is 36.8 Å². The van der Waals surface area contributed by atoms with Gasteiger partial charge >= 0.3 is 0 Å². The van der Waals surface area contributed by atoms with Gasteiger partial charge in [0.2, 0.25) is 5.91 Å². The molecule has 1 amide bonds. The molecule has 0 saturated carbocycles. The lowest BCUT2D eigenvalue weighted by molar-refractivity contribution is -0.131. The molecule has 2 N–H and O–H groups in total. The van der Waals surface area contributed by atoms with E-state index in [1.165, 1.54) is 6.42 Å². The van der Waals surface area contributed by atoms with Gasteiger partial charge in [-0.3, -0.25) is 9.78 Å². The zero-order chi connectivity index (χ0) is 14.2. The van der Waals surface area contributed by atoms with E-state index >= 15 is 0 Å². The monoisotopic (exact) mass is 277 g/mol. The van der Waals surface area contributed by atoms with Crippen LogP contribution in [0.5, 0.6) is 0 Å². The van der Waals surface area contributed by atoms with Crippen LogP contribution in [-0.2, 0) is 4.79 Å². The third-order valence-corrected chi connectivity index (χ3v) is 3.35. The number of nitrogens with zero attached hydrogens (tertiary/aromatic N) is 3. The van der Waals surface area contributed by atoms with E-state index in [9.17, 15) is 4.79 Å². The zero-order valence-electron chi connectivity index (χ0n) is 12.1. The number of aromatic nitrogens is 2. The first-order valence-electron chi connectivity index (χ1n) is 7.37. The summed E-state index contributed by atoms with van der Waals surface area (Å²) in [6.45, 7) is 5.24. The highest BCUT2D eigenvalue weighted by Crippen LogP contribution is 2.10. The number of nitrogens with one attached hydrogen (secondary N) is 2. The minimum atomic E-state index is 0.230. The lowest BCUT2D eigenvalue weighted by Crippen LogP contribution is -2.36. The van der Waals surface area contributed by atoms with Crippen LogP contribution in [-0.4, -0.2) is 47.0 Å². The SMILES string of the molecule is CCNc1cncc(NCCC(=O)N2CCCCC2)n1. The number of carbonyl (C=O) groups excluding carboxylic acids is 1. The summed E-state index contributed by atoms with van der Waals surface area (Å²) in [7, 11) is 0. The predicted molar refractivity (Wildman–Crippen MR) is 79.7 cm³/mol. The second-order valence-corrected chi connectivity index (χ2v) is 4.94. The van der Waals surface area contributed by atoms with Crippen LogP contribution in [0.25, 0.3) is 0 Å². The summed E-state index contributed by atoms with van der Waals surface area (Å²) < 4.78 is 0. The van der Waals surface area contributed by atoms with Gasteiger partial charge in [-0.15, -0.1) is 0 Å². The summed E-state index contributed by atoms with van der Waals surface area (Å²) in [6.07, 6.45) is 7.38. The Morgan fingerprint density at radius 2 is 1.90 bits per heavy atom. The minimum Gasteiger partial charge on any atom is -0.369 e. The van der Waals surface area contributed by atoms with Crippen LogP contribution in [0.2, 0.25) is 0 Å². The second kappa shape index (κ2) is 7.67. The van der Waals surface area contributed by atoms with Crippen molar-refractivity contribution in [2.24, 2.45) is 0 Å². The van der Waals surface area contributed by atoms with Gasteiger partial charge in [-0.1, -0.05) is 0 Å². The highest BCUT2D eigenvalue weighted by Gasteiger charge is 2.15. The number of carbonyl (C=O) groups is 1. The quantitative estimate of drug-likeness (QED) is 0.828. The summed E-state index contributed by atoms with van der Waals surface area (Å²) in [5.74, 6) is 1.68. The molecule has 0 unspecified atom stereocenters. The molecule has 1 aromatic heterocycles. The van der Waals surface area contributed by atoms with Gasteiger partial charge < -0.3 is 15.5 Å². The Bertz CT molecular complexity index is 431. The van der Waals surface area contributed by atoms with Crippen LogP contribution < -0.4 is 10.6 Å². The molecular formula is C14H23N5O. The van der Waals surface area contributed by atoms with Crippen molar-refractivity contribution in [3.63, 3.8) is 0 Å². The van der Waals surface area contributed by atoms with Gasteiger partial charge in [0.1, 0.15) is 11.6 Å². The summed E-state index contributed by atoms with van der Waals surface area (Å²) in [5.41, 5.74) is 0. The molecule has 0 aliphatic carbocycles. The topological polar surface area (TPSA) is 70.2 Å². The fraction of sp³-hybridized carbons (Fsp3) is 0.643. The maximum absolute atomic E-state index is 12.0. The van der Waals surface area contributed by atoms with E-state index in [1.807, 2.05) is 11.8 Å². The van der Waals surface area contributed by atoms with E-state index in [1.54, 1.807) is 12.4 Å². The van der Waals surface area contributed by atoms with Crippen molar-refractivity contribution in [2.45, 2.75) is 32.6 Å². The molecule has 1 aliphatic rings. The van der Waals surface area contributed by atoms with Crippen molar-refractivity contribution in [1.82, 2.24) is 14.9 Å². The van der Waals surface area contributed by atoms with Crippen LogP contribution in [0.15, 0.2) is 12.4 Å². The Morgan fingerprint density at radius 1 is 1.20 bits per heavy atom. The second-order valence-electron chi connectivity index (χ2n) is 4.94. The third-order valence-electron chi connectivity index (χ3n) is 3.35. The number of piperidine rings is 1. The molecule has 0 bridgehead atoms. The first-order valence-corrected chi connectivity index (χ1v) is 7.37. The molecule has 2 heterocycles. The van der Waals surface area contributed by atoms with Gasteiger partial charge in [-0.2, -0.15) is 0 Å². The summed E-state index contributed by atoms with van der Waals surface area (Å²) in [6, 6.07) is 0. The lowest BCUT2D eigenvalue weighted by Gasteiger charge is -2.26. The third kappa shape index (κ3) is 4.36. The van der Waals surface area contributed by atoms with Gasteiger partial charge in [-0.05, 0) is 26.2 Å². The summed E-state index contributed by atoms with van der Waals surface area (Å²) in [4.78, 5) is 22.4. The van der Waals surface area contributed by atoms with E-state index < -0.39 is 0 Å². The Kier molecular flexibility index (Phi) is 5.58. The van der Waals surface area contributed by atoms with Crippen molar-refractivity contribution >= 4 is 17.5 Å². The number of hydrogen-bond acceptors (Lipinski definition) is 5. The average Bonchev–Trinajstić information content (AvgIpc) is 2.49. The molecule has 20 heavy (non-hydrogen) atoms. The maximum atomic E-state index is 12.0. The lowest BCUT2D eigenvalue weighted by atomic mass is 10.1. The van der Waals surface area contributed by atoms with Gasteiger partial charge in [-0.25, -0.2) is 4.98 Å². The Balaban J connectivity index is 1.74. The van der Waals surface area contributed by atoms with Crippen molar-refractivity contribution in [3.05, 3.63) is 12.4 Å². The number of anilines is 2. The maximum Gasteiger partial charge on any atom is 0.224 e. The molecular weight excluding hydrogens is 254 g/mol. The van der Waals surface area contributed by atoms with Crippen LogP contribution in [0, 0.1) is 0 Å². The molecule has 110 valence electrons. The molecule has 6 heteroatoms. The molecule has 6 nitrogen and oxygen atoms in total. The molecule has 0 spiro atoms. The number of likely N-dealkylation sites (tertiary alicyclic amines) is 1. The first-order chi connectivity index (χ1) is 9.79. The Labute approximate surface area is 120 Å². The first kappa shape index (κ1) is 14.6. The fourth-order valence-corrected chi connectivity index (χ4v) is 2.32. The molecule has 0 radical (unpaired) electrons. The van der Waals surface area contributed by atoms with Crippen molar-refractivity contribution in [3.8, 4) is 0 Å². The largest absolute Gasteiger partial charge is 0.369 e. The molecule has 0 atom stereocenters. The highest BCUT2D eigenvalue weighted by atomic mass is 16.2. The average molecular weight is 277 g/mol. The molecule has 1 aliphatic heterocycles. The Hall–Kier alpha value is -1.85. The van der Waals surface area contributed by atoms with Gasteiger partial charge in [0, 0.05) is 32.6 Å². The molecule has 1 aromatic rings. The normalized spacial score (nSPS) is 14.9. The fourth-order valence-electron chi connectivity index (χ4n) is 2.32. The van der Waals surface area contributed by atoms with E-state index in [0.29, 0.717) is 18.8 Å². The number of amides is 1. The van der Waals surface area contributed by atoms with Crippen molar-refractivity contribution in [1.29, 1.82) is 0 Å². The molecule has 1 saturated heterocycles. The number of rotatable bonds is 6. The molecule has 0 aromatic carbocycles. The summed E-state index contributed by atoms with van der Waals surface area (Å²) >= 11 is 0. The number of hydrogen-bond donors (Lipinski definition) is 2. The van der Waals surface area contributed by atoms with Crippen LogP contribution in [0.4, 0.5) is 11.6 Å². The standard InChI is InChI=1S/C14H23N5O/c1-2-16-12-10-15-11-13(18-12)17-7-6-14(20)19-8-4-3-5-9-19/h10-11H,2-9H2,1H3,(H2,16,17,18). The summed E-state index contributed by atoms with van der Waals surface area (Å²) in [5, 5.41) is 6.26. The minimum absolute atomic E-state index is 0.230. The van der Waals surface area contributed by atoms with Gasteiger partial charge in [0.25, 0.3) is 0 Å². The van der Waals surface area contributed by atoms with Crippen molar-refractivity contribution < 1.29 is 4.79 Å².